The lowest BCUT2D eigenvalue weighted by atomic mass is 10.2. The molecule has 0 radical (unpaired) electrons. The van der Waals surface area contributed by atoms with Gasteiger partial charge >= 0.3 is 12.0 Å². The monoisotopic (exact) mass is 276 g/mol. The predicted molar refractivity (Wildman–Crippen MR) is 64.7 cm³/mol. The lowest BCUT2D eigenvalue weighted by Gasteiger charge is -2.16. The lowest BCUT2D eigenvalue weighted by molar-refractivity contribution is -0.139. The first-order valence-electron chi connectivity index (χ1n) is 5.55. The summed E-state index contributed by atoms with van der Waals surface area (Å²) in [5, 5.41) is 14.6. The maximum atomic E-state index is 11.5. The third-order valence-electron chi connectivity index (χ3n) is 2.43. The predicted octanol–water partition coefficient (Wildman–Crippen LogP) is -0.150. The molecule has 1 heterocycles. The average Bonchev–Trinajstić information content (AvgIpc) is 2.57. The highest BCUT2D eigenvalue weighted by molar-refractivity contribution is 7.94. The van der Waals surface area contributed by atoms with Crippen molar-refractivity contribution >= 4 is 21.8 Å². The van der Waals surface area contributed by atoms with E-state index >= 15 is 0 Å². The third-order valence-corrected chi connectivity index (χ3v) is 3.82. The van der Waals surface area contributed by atoms with Crippen molar-refractivity contribution in [3.63, 3.8) is 0 Å². The molecule has 0 spiro atoms. The number of carboxylic acid groups (broad SMARTS) is 1. The van der Waals surface area contributed by atoms with E-state index in [1.807, 2.05) is 6.92 Å². The van der Waals surface area contributed by atoms with E-state index in [1.54, 1.807) is 0 Å². The molecule has 0 saturated heterocycles. The van der Waals surface area contributed by atoms with Gasteiger partial charge < -0.3 is 15.7 Å². The van der Waals surface area contributed by atoms with Gasteiger partial charge in [0.15, 0.2) is 9.84 Å². The Kier molecular flexibility index (Phi) is 4.71. The quantitative estimate of drug-likeness (QED) is 0.646. The number of aliphatic carboxylic acids is 1. The van der Waals surface area contributed by atoms with Crippen molar-refractivity contribution in [3.8, 4) is 0 Å². The van der Waals surface area contributed by atoms with Crippen LogP contribution in [0.5, 0.6) is 0 Å². The molecule has 8 heteroatoms. The number of carbonyl (C=O) groups is 2. The van der Waals surface area contributed by atoms with E-state index in [9.17, 15) is 18.0 Å². The molecule has 0 fully saturated rings. The molecule has 0 aliphatic carbocycles. The normalized spacial score (nSPS) is 22.4. The molecule has 1 unspecified atom stereocenters. The van der Waals surface area contributed by atoms with Crippen molar-refractivity contribution in [3.05, 3.63) is 11.5 Å². The minimum absolute atomic E-state index is 0.189. The first-order chi connectivity index (χ1) is 8.34. The van der Waals surface area contributed by atoms with Gasteiger partial charge in [-0.05, 0) is 12.5 Å². The van der Waals surface area contributed by atoms with E-state index < -0.39 is 33.9 Å². The van der Waals surface area contributed by atoms with E-state index in [4.69, 9.17) is 5.11 Å². The molecule has 0 saturated carbocycles. The third kappa shape index (κ3) is 4.36. The molecule has 1 aliphatic rings. The molecule has 102 valence electrons. The first kappa shape index (κ1) is 14.5. The standard InChI is InChI=1S/C10H16N2O5S/c1-2-3-8(9(13)14)12-10(15)11-7-4-5-18(16,17)6-7/h4-5,7-8H,2-3,6H2,1H3,(H,13,14)(H2,11,12,15)/t7?,8-/m1/s1. The molecule has 1 aliphatic heterocycles. The van der Waals surface area contributed by atoms with Gasteiger partial charge in [0.1, 0.15) is 6.04 Å². The van der Waals surface area contributed by atoms with Crippen LogP contribution in [0.4, 0.5) is 4.79 Å². The number of urea groups is 1. The minimum Gasteiger partial charge on any atom is -0.480 e. The summed E-state index contributed by atoms with van der Waals surface area (Å²) in [6, 6.07) is -2.24. The smallest absolute Gasteiger partial charge is 0.326 e. The lowest BCUT2D eigenvalue weighted by Crippen LogP contribution is -2.49. The number of carbonyl (C=O) groups excluding carboxylic acids is 1. The zero-order chi connectivity index (χ0) is 13.8. The first-order valence-corrected chi connectivity index (χ1v) is 7.26. The Balaban J connectivity index is 2.47. The van der Waals surface area contributed by atoms with Gasteiger partial charge in [0.05, 0.1) is 11.8 Å². The Bertz CT molecular complexity index is 457. The number of amides is 2. The van der Waals surface area contributed by atoms with Crippen LogP contribution in [0.25, 0.3) is 0 Å². The zero-order valence-corrected chi connectivity index (χ0v) is 10.7. The number of carboxylic acids is 1. The Morgan fingerprint density at radius 3 is 2.61 bits per heavy atom. The molecule has 0 aromatic heterocycles. The highest BCUT2D eigenvalue weighted by Crippen LogP contribution is 2.07. The Hall–Kier alpha value is -1.57. The minimum atomic E-state index is -3.24. The van der Waals surface area contributed by atoms with Gasteiger partial charge in [-0.15, -0.1) is 0 Å². The van der Waals surface area contributed by atoms with E-state index in [1.165, 1.54) is 6.08 Å². The number of hydrogen-bond donors (Lipinski definition) is 3. The molecule has 2 atom stereocenters. The summed E-state index contributed by atoms with van der Waals surface area (Å²) in [7, 11) is -3.24. The van der Waals surface area contributed by atoms with Crippen molar-refractivity contribution in [2.75, 3.05) is 5.75 Å². The number of rotatable bonds is 5. The molecular formula is C10H16N2O5S. The second kappa shape index (κ2) is 5.85. The van der Waals surface area contributed by atoms with Gasteiger partial charge in [0.2, 0.25) is 0 Å². The van der Waals surface area contributed by atoms with Crippen LogP contribution in [-0.2, 0) is 14.6 Å². The summed E-state index contributed by atoms with van der Waals surface area (Å²) in [6.07, 6.45) is 2.31. The van der Waals surface area contributed by atoms with Gasteiger partial charge in [-0.25, -0.2) is 18.0 Å². The Labute approximate surface area is 105 Å². The topological polar surface area (TPSA) is 113 Å². The van der Waals surface area contributed by atoms with Crippen LogP contribution in [0.1, 0.15) is 19.8 Å². The molecule has 2 amide bonds. The SMILES string of the molecule is CCC[C@@H](NC(=O)NC1C=CS(=O)(=O)C1)C(=O)O. The van der Waals surface area contributed by atoms with Gasteiger partial charge in [-0.3, -0.25) is 0 Å². The van der Waals surface area contributed by atoms with Crippen molar-refractivity contribution in [1.29, 1.82) is 0 Å². The Morgan fingerprint density at radius 1 is 1.50 bits per heavy atom. The summed E-state index contributed by atoms with van der Waals surface area (Å²) in [5.41, 5.74) is 0. The number of nitrogens with one attached hydrogen (secondary N) is 2. The fourth-order valence-corrected chi connectivity index (χ4v) is 2.82. The van der Waals surface area contributed by atoms with E-state index in [-0.39, 0.29) is 5.75 Å². The summed E-state index contributed by atoms with van der Waals surface area (Å²) in [5.74, 6) is -1.30. The van der Waals surface area contributed by atoms with Crippen LogP contribution < -0.4 is 10.6 Å². The molecule has 3 N–H and O–H groups in total. The Morgan fingerprint density at radius 2 is 2.17 bits per heavy atom. The zero-order valence-electron chi connectivity index (χ0n) is 9.92. The van der Waals surface area contributed by atoms with Gasteiger partial charge in [0.25, 0.3) is 0 Å². The molecule has 0 bridgehead atoms. The fourth-order valence-electron chi connectivity index (χ4n) is 1.58. The molecule has 1 rings (SSSR count). The van der Waals surface area contributed by atoms with Gasteiger partial charge in [-0.1, -0.05) is 13.3 Å². The summed E-state index contributed by atoms with van der Waals surface area (Å²) >= 11 is 0. The van der Waals surface area contributed by atoms with Crippen LogP contribution in [0.3, 0.4) is 0 Å². The molecular weight excluding hydrogens is 260 g/mol. The van der Waals surface area contributed by atoms with E-state index in [2.05, 4.69) is 10.6 Å². The largest absolute Gasteiger partial charge is 0.480 e. The molecule has 18 heavy (non-hydrogen) atoms. The molecule has 0 aromatic rings. The second-order valence-corrected chi connectivity index (χ2v) is 5.99. The maximum Gasteiger partial charge on any atom is 0.326 e. The molecule has 7 nitrogen and oxygen atoms in total. The highest BCUT2D eigenvalue weighted by atomic mass is 32.2. The number of hydrogen-bond acceptors (Lipinski definition) is 4. The molecule has 0 aromatic carbocycles. The average molecular weight is 276 g/mol. The van der Waals surface area contributed by atoms with Crippen LogP contribution in [0.15, 0.2) is 11.5 Å². The fraction of sp³-hybridized carbons (Fsp3) is 0.600. The van der Waals surface area contributed by atoms with Crippen LogP contribution in [0, 0.1) is 0 Å². The van der Waals surface area contributed by atoms with E-state index in [0.717, 1.165) is 5.41 Å². The van der Waals surface area contributed by atoms with Crippen LogP contribution in [0.2, 0.25) is 0 Å². The summed E-state index contributed by atoms with van der Waals surface area (Å²) in [6.45, 7) is 1.81. The second-order valence-electron chi connectivity index (χ2n) is 4.06. The highest BCUT2D eigenvalue weighted by Gasteiger charge is 2.25. The van der Waals surface area contributed by atoms with Gasteiger partial charge in [0, 0.05) is 5.41 Å². The van der Waals surface area contributed by atoms with Crippen molar-refractivity contribution in [1.82, 2.24) is 10.6 Å². The van der Waals surface area contributed by atoms with E-state index in [0.29, 0.717) is 12.8 Å². The van der Waals surface area contributed by atoms with Gasteiger partial charge in [-0.2, -0.15) is 0 Å². The van der Waals surface area contributed by atoms with Crippen molar-refractivity contribution in [2.45, 2.75) is 31.8 Å². The van der Waals surface area contributed by atoms with Crippen molar-refractivity contribution < 1.29 is 23.1 Å². The summed E-state index contributed by atoms with van der Waals surface area (Å²) in [4.78, 5) is 22.3. The van der Waals surface area contributed by atoms with Crippen LogP contribution in [-0.4, -0.2) is 43.4 Å². The van der Waals surface area contributed by atoms with Crippen molar-refractivity contribution in [2.24, 2.45) is 0 Å². The number of sulfone groups is 1. The summed E-state index contributed by atoms with van der Waals surface area (Å²) < 4.78 is 22.2. The van der Waals surface area contributed by atoms with Crippen LogP contribution >= 0.6 is 0 Å². The maximum absolute atomic E-state index is 11.5.